The van der Waals surface area contributed by atoms with Crippen molar-refractivity contribution in [3.63, 3.8) is 0 Å². The second-order valence-electron chi connectivity index (χ2n) is 0. The molecule has 132 valence electrons. The Kier molecular flexibility index (Phi) is 11300. The fourth-order valence-electron chi connectivity index (χ4n) is 0. The Bertz CT molecular complexity index is 36.5. The summed E-state index contributed by atoms with van der Waals surface area (Å²) in [7, 11) is 0. The van der Waals surface area contributed by atoms with Gasteiger partial charge in [0.15, 0.2) is 0 Å². The van der Waals surface area contributed by atoms with E-state index in [-0.39, 0.29) is 196 Å². The Morgan fingerprint density at radius 1 is 0.375 bits per heavy atom. The molecule has 16 heavy (non-hydrogen) atoms. The fourth-order valence-corrected chi connectivity index (χ4v) is 0. The summed E-state index contributed by atoms with van der Waals surface area (Å²) in [6, 6.07) is 0. The molecule has 16 N–H and O–H groups in total. The zero-order chi connectivity index (χ0) is 0. The van der Waals surface area contributed by atoms with Crippen LogP contribution in [0.25, 0.3) is 24.6 Å². The largest absolute Gasteiger partial charge is 2.00 e. The molecule has 0 aliphatic carbocycles. The van der Waals surface area contributed by atoms with E-state index < -0.39 is 0 Å². The fraction of sp³-hybridized carbons (Fsp3) is 0. The first-order chi connectivity index (χ1) is 0. The van der Waals surface area contributed by atoms with Crippen LogP contribution in [0.15, 0.2) is 0 Å². The maximum absolute atomic E-state index is 0. The Morgan fingerprint density at radius 3 is 0.375 bits per heavy atom. The summed E-state index contributed by atoms with van der Waals surface area (Å²) in [6.45, 7) is 0. The summed E-state index contributed by atoms with van der Waals surface area (Å²) in [5.41, 5.74) is 0. The normalized spacial score (nSPS) is 0. The van der Waals surface area contributed by atoms with Crippen molar-refractivity contribution < 1.29 is 85.1 Å². The van der Waals surface area contributed by atoms with Crippen LogP contribution in [0.5, 0.6) is 0 Å². The Hall–Kier alpha value is 3.93. The third-order valence-corrected chi connectivity index (χ3v) is 0. The minimum absolute atomic E-state index is 0. The van der Waals surface area contributed by atoms with E-state index in [9.17, 15) is 0 Å². The van der Waals surface area contributed by atoms with E-state index in [1.54, 1.807) is 0 Å². The minimum atomic E-state index is 0. The van der Waals surface area contributed by atoms with Gasteiger partial charge in [-0.1, -0.05) is 0 Å². The quantitative estimate of drug-likeness (QED) is 0.250. The van der Waals surface area contributed by atoms with E-state index in [2.05, 4.69) is 0 Å². The standard InChI is InChI=1S/2CH3.3HI.4H2N.4H2O.3Pt/h2*1H3;3*1H;8*1H2;;;/q2*-1;;;;4*-1;;;;;;;+2. The molecule has 0 bridgehead atoms. The topological polar surface area (TPSA) is 260 Å². The van der Waals surface area contributed by atoms with Gasteiger partial charge in [-0.05, 0) is 0 Å². The first-order valence-electron chi connectivity index (χ1n) is 0. The van der Waals surface area contributed by atoms with Gasteiger partial charge in [0.25, 0.3) is 0 Å². The number of hydrogen-bond acceptors (Lipinski definition) is 0. The molecule has 0 saturated heterocycles. The predicted molar refractivity (Wildman–Crippen MR) is 94.7 cm³/mol. The van der Waals surface area contributed by atoms with Crippen molar-refractivity contribution in [3.05, 3.63) is 39.5 Å². The number of rotatable bonds is 0. The monoisotopic (exact) mass is 1130 g/mol. The van der Waals surface area contributed by atoms with Gasteiger partial charge in [-0.15, -0.1) is 71.9 Å². The Labute approximate surface area is 193 Å². The maximum atomic E-state index is 0. The molecule has 0 aliphatic rings. The maximum Gasteiger partial charge on any atom is 2.00 e. The molecule has 0 heterocycles. The SMILES string of the molecule is I.I.I.O.O.O.O.[CH3-].[CH3-].[NH2-].[NH2-].[NH2-].[NH2-].[Pt+2].[Pt].[Pt]. The van der Waals surface area contributed by atoms with Crippen molar-refractivity contribution in [1.29, 1.82) is 0 Å². The van der Waals surface area contributed by atoms with Gasteiger partial charge < -0.3 is 61.4 Å². The average molecular weight is 1140 g/mol. The van der Waals surface area contributed by atoms with Gasteiger partial charge in [0.1, 0.15) is 0 Å². The van der Waals surface area contributed by atoms with E-state index >= 15 is 0 Å². The van der Waals surface area contributed by atoms with Crippen LogP contribution in [-0.4, -0.2) is 21.9 Å². The molecule has 8 nitrogen and oxygen atoms in total. The van der Waals surface area contributed by atoms with Crippen LogP contribution in [0.4, 0.5) is 0 Å². The van der Waals surface area contributed by atoms with Crippen LogP contribution in [0, 0.1) is 14.9 Å². The molecular formula is C2H25I3N4O4Pt3-4. The molecule has 0 atom stereocenters. The third-order valence-electron chi connectivity index (χ3n) is 0. The number of halogens is 3. The zero-order valence-electron chi connectivity index (χ0n) is 8.48. The molecule has 14 heteroatoms. The molecule has 0 amide bonds. The molecule has 0 fully saturated rings. The minimum Gasteiger partial charge on any atom is -0.693 e. The molecular weight excluding hydrogens is 1110 g/mol. The second kappa shape index (κ2) is 393. The van der Waals surface area contributed by atoms with Crippen molar-refractivity contribution in [1.82, 2.24) is 0 Å². The van der Waals surface area contributed by atoms with E-state index in [4.69, 9.17) is 0 Å². The number of hydrogen-bond donors (Lipinski definition) is 0. The summed E-state index contributed by atoms with van der Waals surface area (Å²) in [6.07, 6.45) is 0. The molecule has 0 unspecified atom stereocenters. The summed E-state index contributed by atoms with van der Waals surface area (Å²) >= 11 is 0. The molecule has 0 radical (unpaired) electrons. The van der Waals surface area contributed by atoms with E-state index in [1.807, 2.05) is 0 Å². The third kappa shape index (κ3) is 332. The van der Waals surface area contributed by atoms with E-state index in [0.717, 1.165) is 0 Å². The van der Waals surface area contributed by atoms with Crippen molar-refractivity contribution in [2.75, 3.05) is 0 Å². The van der Waals surface area contributed by atoms with Gasteiger partial charge in [0.2, 0.25) is 0 Å². The van der Waals surface area contributed by atoms with Gasteiger partial charge in [0, 0.05) is 42.1 Å². The van der Waals surface area contributed by atoms with Gasteiger partial charge in [-0.25, -0.2) is 0 Å². The summed E-state index contributed by atoms with van der Waals surface area (Å²) in [5, 5.41) is 0. The van der Waals surface area contributed by atoms with E-state index in [0.29, 0.717) is 0 Å². The Balaban J connectivity index is 0. The first-order valence-corrected chi connectivity index (χ1v) is 0. The summed E-state index contributed by atoms with van der Waals surface area (Å²) < 4.78 is 0. The average Bonchev–Trinajstić information content (AvgIpc) is 0. The molecule has 0 saturated carbocycles. The Morgan fingerprint density at radius 2 is 0.375 bits per heavy atom. The first kappa shape index (κ1) is 462. The molecule has 0 aliphatic heterocycles. The summed E-state index contributed by atoms with van der Waals surface area (Å²) in [4.78, 5) is 0. The van der Waals surface area contributed by atoms with Gasteiger partial charge in [-0.2, -0.15) is 0 Å². The zero-order valence-corrected chi connectivity index (χ0v) is 22.3. The van der Waals surface area contributed by atoms with Crippen LogP contribution in [0.2, 0.25) is 0 Å². The second-order valence-corrected chi connectivity index (χ2v) is 0. The van der Waals surface area contributed by atoms with Crippen LogP contribution in [-0.2, 0) is 63.2 Å². The van der Waals surface area contributed by atoms with Crippen LogP contribution >= 0.6 is 71.9 Å². The van der Waals surface area contributed by atoms with Crippen molar-refractivity contribution in [2.24, 2.45) is 0 Å². The van der Waals surface area contributed by atoms with Gasteiger partial charge in [-0.3, -0.25) is 0 Å². The molecule has 0 spiro atoms. The van der Waals surface area contributed by atoms with Crippen LogP contribution < -0.4 is 0 Å². The van der Waals surface area contributed by atoms with Crippen molar-refractivity contribution in [2.45, 2.75) is 0 Å². The van der Waals surface area contributed by atoms with Gasteiger partial charge >= 0.3 is 21.1 Å². The van der Waals surface area contributed by atoms with Gasteiger partial charge in [0.05, 0.1) is 0 Å². The number of nitrogens with two attached hydrogens (primary N) is 4. The predicted octanol–water partition coefficient (Wildman–Crippen LogP) is 2.32. The smallest absolute Gasteiger partial charge is 0.693 e. The van der Waals surface area contributed by atoms with Crippen molar-refractivity contribution in [3.8, 4) is 0 Å². The van der Waals surface area contributed by atoms with Crippen LogP contribution in [0.3, 0.4) is 0 Å². The molecule has 0 aromatic carbocycles. The van der Waals surface area contributed by atoms with Crippen molar-refractivity contribution >= 4 is 71.9 Å². The molecule has 0 rings (SSSR count). The summed E-state index contributed by atoms with van der Waals surface area (Å²) in [5.74, 6) is 0. The van der Waals surface area contributed by atoms with E-state index in [1.165, 1.54) is 0 Å². The van der Waals surface area contributed by atoms with Crippen LogP contribution in [0.1, 0.15) is 0 Å². The molecule has 0 aromatic rings. The molecule has 0 aromatic heterocycles.